The van der Waals surface area contributed by atoms with Crippen LogP contribution in [0.25, 0.3) is 0 Å². The van der Waals surface area contributed by atoms with E-state index in [1.807, 2.05) is 26.2 Å². The van der Waals surface area contributed by atoms with Gasteiger partial charge in [0, 0.05) is 26.1 Å². The van der Waals surface area contributed by atoms with Gasteiger partial charge in [-0.15, -0.1) is 0 Å². The lowest BCUT2D eigenvalue weighted by Gasteiger charge is -2.25. The quantitative estimate of drug-likeness (QED) is 0.663. The van der Waals surface area contributed by atoms with Gasteiger partial charge in [0.15, 0.2) is 0 Å². The van der Waals surface area contributed by atoms with E-state index in [0.29, 0.717) is 37.4 Å². The lowest BCUT2D eigenvalue weighted by Crippen LogP contribution is -2.35. The molecule has 0 bridgehead atoms. The van der Waals surface area contributed by atoms with Crippen LogP contribution in [-0.4, -0.2) is 63.8 Å². The number of amides is 1. The van der Waals surface area contributed by atoms with Crippen molar-refractivity contribution in [3.8, 4) is 0 Å². The van der Waals surface area contributed by atoms with E-state index in [1.165, 1.54) is 0 Å². The van der Waals surface area contributed by atoms with E-state index >= 15 is 0 Å². The molecule has 0 aromatic heterocycles. The van der Waals surface area contributed by atoms with Crippen LogP contribution in [0.15, 0.2) is 29.2 Å². The minimum atomic E-state index is -3.38. The Kier molecular flexibility index (Phi) is 8.06. The van der Waals surface area contributed by atoms with E-state index in [1.54, 1.807) is 16.4 Å². The zero-order chi connectivity index (χ0) is 19.0. The molecular weight excluding hydrogens is 350 g/mol. The summed E-state index contributed by atoms with van der Waals surface area (Å²) in [6.07, 6.45) is 4.93. The van der Waals surface area contributed by atoms with E-state index < -0.39 is 10.0 Å². The predicted octanol–water partition coefficient (Wildman–Crippen LogP) is 1.86. The van der Waals surface area contributed by atoms with Crippen molar-refractivity contribution in [2.45, 2.75) is 43.4 Å². The molecule has 6 nitrogen and oxygen atoms in total. The van der Waals surface area contributed by atoms with Gasteiger partial charge in [0.05, 0.1) is 4.90 Å². The molecule has 0 unspecified atom stereocenters. The first-order valence-electron chi connectivity index (χ1n) is 9.40. The highest BCUT2D eigenvalue weighted by Gasteiger charge is 2.25. The molecule has 0 aliphatic carbocycles. The normalized spacial score (nSPS) is 16.0. The third kappa shape index (κ3) is 6.37. The molecule has 0 atom stereocenters. The van der Waals surface area contributed by atoms with Crippen molar-refractivity contribution in [2.75, 3.05) is 40.3 Å². The summed E-state index contributed by atoms with van der Waals surface area (Å²) in [4.78, 5) is 14.3. The maximum atomic E-state index is 12.6. The molecule has 1 aliphatic rings. The Morgan fingerprint density at radius 3 is 2.38 bits per heavy atom. The number of nitrogens with zero attached hydrogens (tertiary/aromatic N) is 2. The average Bonchev–Trinajstić information content (AvgIpc) is 2.64. The summed E-state index contributed by atoms with van der Waals surface area (Å²) in [5.41, 5.74) is 0.978. The minimum absolute atomic E-state index is 0.0359. The van der Waals surface area contributed by atoms with Gasteiger partial charge >= 0.3 is 0 Å². The van der Waals surface area contributed by atoms with Crippen molar-refractivity contribution in [1.82, 2.24) is 14.5 Å². The Balaban J connectivity index is 1.81. The molecule has 1 aliphatic heterocycles. The van der Waals surface area contributed by atoms with Crippen LogP contribution in [0.2, 0.25) is 0 Å². The SMILES string of the molecule is CN(C)CCCNC(=O)CCc1ccc(S(=O)(=O)N2CCCCC2)cc1. The molecule has 2 rings (SSSR count). The summed E-state index contributed by atoms with van der Waals surface area (Å²) < 4.78 is 26.8. The van der Waals surface area contributed by atoms with E-state index in [0.717, 1.165) is 37.8 Å². The largest absolute Gasteiger partial charge is 0.356 e. The second-order valence-electron chi connectivity index (χ2n) is 7.12. The van der Waals surface area contributed by atoms with Gasteiger partial charge in [-0.05, 0) is 64.0 Å². The highest BCUT2D eigenvalue weighted by Crippen LogP contribution is 2.21. The molecule has 1 fully saturated rings. The molecule has 1 N–H and O–H groups in total. The van der Waals surface area contributed by atoms with Gasteiger partial charge in [-0.25, -0.2) is 8.42 Å². The van der Waals surface area contributed by atoms with Crippen molar-refractivity contribution in [3.63, 3.8) is 0 Å². The predicted molar refractivity (Wildman–Crippen MR) is 104 cm³/mol. The third-order valence-electron chi connectivity index (χ3n) is 4.62. The van der Waals surface area contributed by atoms with E-state index in [-0.39, 0.29) is 5.91 Å². The molecule has 0 radical (unpaired) electrons. The molecule has 0 saturated carbocycles. The van der Waals surface area contributed by atoms with Crippen LogP contribution in [0.4, 0.5) is 0 Å². The number of benzene rings is 1. The van der Waals surface area contributed by atoms with Crippen molar-refractivity contribution < 1.29 is 13.2 Å². The highest BCUT2D eigenvalue weighted by atomic mass is 32.2. The summed E-state index contributed by atoms with van der Waals surface area (Å²) >= 11 is 0. The summed E-state index contributed by atoms with van der Waals surface area (Å²) in [6.45, 7) is 2.85. The molecule has 0 spiro atoms. The monoisotopic (exact) mass is 381 g/mol. The molecule has 1 aromatic rings. The number of hydrogen-bond donors (Lipinski definition) is 1. The number of rotatable bonds is 9. The van der Waals surface area contributed by atoms with Gasteiger partial charge in [-0.2, -0.15) is 4.31 Å². The highest BCUT2D eigenvalue weighted by molar-refractivity contribution is 7.89. The van der Waals surface area contributed by atoms with Crippen molar-refractivity contribution in [2.24, 2.45) is 0 Å². The topological polar surface area (TPSA) is 69.7 Å². The minimum Gasteiger partial charge on any atom is -0.356 e. The summed E-state index contributed by atoms with van der Waals surface area (Å²) in [6, 6.07) is 6.95. The Labute approximate surface area is 157 Å². The number of hydrogen-bond acceptors (Lipinski definition) is 4. The molecule has 7 heteroatoms. The Hall–Kier alpha value is -1.44. The lowest BCUT2D eigenvalue weighted by molar-refractivity contribution is -0.121. The van der Waals surface area contributed by atoms with E-state index in [4.69, 9.17) is 0 Å². The summed E-state index contributed by atoms with van der Waals surface area (Å²) in [5.74, 6) is 0.0359. The fourth-order valence-electron chi connectivity index (χ4n) is 3.05. The Morgan fingerprint density at radius 1 is 1.12 bits per heavy atom. The number of carbonyl (C=O) groups is 1. The fourth-order valence-corrected chi connectivity index (χ4v) is 4.57. The van der Waals surface area contributed by atoms with Crippen LogP contribution in [-0.2, 0) is 21.2 Å². The number of carbonyl (C=O) groups excluding carboxylic acids is 1. The van der Waals surface area contributed by atoms with Gasteiger partial charge in [-0.1, -0.05) is 18.6 Å². The molecule has 146 valence electrons. The van der Waals surface area contributed by atoms with Crippen molar-refractivity contribution >= 4 is 15.9 Å². The second kappa shape index (κ2) is 10.0. The lowest BCUT2D eigenvalue weighted by atomic mass is 10.1. The van der Waals surface area contributed by atoms with Crippen LogP contribution in [0.5, 0.6) is 0 Å². The first-order valence-corrected chi connectivity index (χ1v) is 10.8. The Morgan fingerprint density at radius 2 is 1.77 bits per heavy atom. The standard InChI is InChI=1S/C19H31N3O3S/c1-21(2)14-6-13-20-19(23)12-9-17-7-10-18(11-8-17)26(24,25)22-15-4-3-5-16-22/h7-8,10-11H,3-6,9,12-16H2,1-2H3,(H,20,23). The number of aryl methyl sites for hydroxylation is 1. The van der Waals surface area contributed by atoms with Gasteiger partial charge in [0.1, 0.15) is 0 Å². The smallest absolute Gasteiger partial charge is 0.243 e. The van der Waals surface area contributed by atoms with Crippen LogP contribution in [0.3, 0.4) is 0 Å². The van der Waals surface area contributed by atoms with Crippen LogP contribution >= 0.6 is 0 Å². The second-order valence-corrected chi connectivity index (χ2v) is 9.05. The van der Waals surface area contributed by atoms with Gasteiger partial charge < -0.3 is 10.2 Å². The number of piperidine rings is 1. The molecular formula is C19H31N3O3S. The molecule has 26 heavy (non-hydrogen) atoms. The summed E-state index contributed by atoms with van der Waals surface area (Å²) in [5, 5.41) is 2.92. The first-order chi connectivity index (χ1) is 12.4. The van der Waals surface area contributed by atoms with Gasteiger partial charge in [0.2, 0.25) is 15.9 Å². The fraction of sp³-hybridized carbons (Fsp3) is 0.632. The first kappa shape index (κ1) is 20.9. The maximum Gasteiger partial charge on any atom is 0.243 e. The Bertz CT molecular complexity index is 666. The van der Waals surface area contributed by atoms with Crippen LogP contribution in [0, 0.1) is 0 Å². The molecule has 1 saturated heterocycles. The molecule has 1 amide bonds. The number of nitrogens with one attached hydrogen (secondary N) is 1. The molecule has 1 heterocycles. The number of sulfonamides is 1. The molecule has 1 aromatic carbocycles. The van der Waals surface area contributed by atoms with E-state index in [2.05, 4.69) is 10.2 Å². The van der Waals surface area contributed by atoms with Crippen molar-refractivity contribution in [3.05, 3.63) is 29.8 Å². The third-order valence-corrected chi connectivity index (χ3v) is 6.53. The maximum absolute atomic E-state index is 12.6. The van der Waals surface area contributed by atoms with Crippen LogP contribution in [0.1, 0.15) is 37.7 Å². The van der Waals surface area contributed by atoms with Gasteiger partial charge in [0.25, 0.3) is 0 Å². The van der Waals surface area contributed by atoms with Crippen LogP contribution < -0.4 is 5.32 Å². The van der Waals surface area contributed by atoms with Crippen molar-refractivity contribution in [1.29, 1.82) is 0 Å². The zero-order valence-corrected chi connectivity index (χ0v) is 16.7. The zero-order valence-electron chi connectivity index (χ0n) is 15.9. The van der Waals surface area contributed by atoms with E-state index in [9.17, 15) is 13.2 Å². The summed E-state index contributed by atoms with van der Waals surface area (Å²) in [7, 11) is 0.640. The average molecular weight is 382 g/mol. The van der Waals surface area contributed by atoms with Gasteiger partial charge in [-0.3, -0.25) is 4.79 Å².